The zero-order valence-corrected chi connectivity index (χ0v) is 12.7. The van der Waals surface area contributed by atoms with Crippen molar-refractivity contribution in [3.8, 4) is 0 Å². The molecule has 106 valence electrons. The second-order valence-electron chi connectivity index (χ2n) is 4.74. The number of hydrogen-bond acceptors (Lipinski definition) is 2. The summed E-state index contributed by atoms with van der Waals surface area (Å²) in [6.07, 6.45) is 0.985. The quantitative estimate of drug-likeness (QED) is 0.939. The van der Waals surface area contributed by atoms with E-state index >= 15 is 0 Å². The maximum atomic E-state index is 12.0. The summed E-state index contributed by atoms with van der Waals surface area (Å²) in [5.41, 5.74) is 3.58. The Bertz CT molecular complexity index is 617. The molecule has 1 aromatic carbocycles. The monoisotopic (exact) mass is 291 g/mol. The van der Waals surface area contributed by atoms with Gasteiger partial charge in [0, 0.05) is 5.69 Å². The molecule has 1 N–H and O–H groups in total. The van der Waals surface area contributed by atoms with Crippen molar-refractivity contribution in [1.29, 1.82) is 0 Å². The third-order valence-electron chi connectivity index (χ3n) is 3.23. The van der Waals surface area contributed by atoms with Crippen molar-refractivity contribution in [3.05, 3.63) is 46.2 Å². The Morgan fingerprint density at radius 3 is 2.45 bits per heavy atom. The van der Waals surface area contributed by atoms with Gasteiger partial charge in [-0.3, -0.25) is 9.48 Å². The van der Waals surface area contributed by atoms with Crippen LogP contribution >= 0.6 is 11.6 Å². The standard InChI is InChI=1S/C15H18ClN3O/c1-4-12-5-7-13(8-6-12)17-14(20)9-19-11(3)15(16)10(2)18-19/h5-8H,4,9H2,1-3H3,(H,17,20). The molecule has 0 unspecified atom stereocenters. The van der Waals surface area contributed by atoms with Crippen molar-refractivity contribution in [2.24, 2.45) is 0 Å². The number of nitrogens with zero attached hydrogens (tertiary/aromatic N) is 2. The van der Waals surface area contributed by atoms with Crippen molar-refractivity contribution in [3.63, 3.8) is 0 Å². The van der Waals surface area contributed by atoms with Gasteiger partial charge in [-0.05, 0) is 38.0 Å². The average molecular weight is 292 g/mol. The summed E-state index contributed by atoms with van der Waals surface area (Å²) in [6, 6.07) is 7.83. The van der Waals surface area contributed by atoms with Crippen molar-refractivity contribution < 1.29 is 4.79 Å². The molecule has 1 aromatic heterocycles. The molecule has 0 radical (unpaired) electrons. The smallest absolute Gasteiger partial charge is 0.246 e. The van der Waals surface area contributed by atoms with Gasteiger partial charge in [0.2, 0.25) is 5.91 Å². The first-order valence-corrected chi connectivity index (χ1v) is 6.97. The Kier molecular flexibility index (Phi) is 4.45. The predicted octanol–water partition coefficient (Wildman–Crippen LogP) is 3.35. The molecule has 0 atom stereocenters. The normalized spacial score (nSPS) is 10.6. The van der Waals surface area contributed by atoms with Gasteiger partial charge >= 0.3 is 0 Å². The van der Waals surface area contributed by atoms with E-state index in [1.807, 2.05) is 38.1 Å². The molecule has 0 saturated carbocycles. The van der Waals surface area contributed by atoms with Gasteiger partial charge in [-0.1, -0.05) is 30.7 Å². The zero-order chi connectivity index (χ0) is 14.7. The highest BCUT2D eigenvalue weighted by molar-refractivity contribution is 6.31. The van der Waals surface area contributed by atoms with Gasteiger partial charge in [0.05, 0.1) is 16.4 Å². The lowest BCUT2D eigenvalue weighted by atomic mass is 10.1. The summed E-state index contributed by atoms with van der Waals surface area (Å²) in [7, 11) is 0. The Hall–Kier alpha value is -1.81. The minimum Gasteiger partial charge on any atom is -0.324 e. The zero-order valence-electron chi connectivity index (χ0n) is 11.9. The number of carbonyl (C=O) groups is 1. The van der Waals surface area contributed by atoms with Gasteiger partial charge in [0.25, 0.3) is 0 Å². The van der Waals surface area contributed by atoms with Crippen molar-refractivity contribution in [2.45, 2.75) is 33.7 Å². The van der Waals surface area contributed by atoms with E-state index in [4.69, 9.17) is 11.6 Å². The van der Waals surface area contributed by atoms with Gasteiger partial charge in [-0.2, -0.15) is 5.10 Å². The highest BCUT2D eigenvalue weighted by atomic mass is 35.5. The molecular formula is C15H18ClN3O. The number of benzene rings is 1. The number of aromatic nitrogens is 2. The van der Waals surface area contributed by atoms with Crippen LogP contribution in [0.15, 0.2) is 24.3 Å². The fourth-order valence-electron chi connectivity index (χ4n) is 1.99. The molecule has 1 amide bonds. The maximum Gasteiger partial charge on any atom is 0.246 e. The van der Waals surface area contributed by atoms with Crippen LogP contribution in [0.5, 0.6) is 0 Å². The Morgan fingerprint density at radius 1 is 1.30 bits per heavy atom. The highest BCUT2D eigenvalue weighted by Crippen LogP contribution is 2.19. The summed E-state index contributed by atoms with van der Waals surface area (Å²) >= 11 is 6.06. The van der Waals surface area contributed by atoms with Crippen LogP contribution in [-0.4, -0.2) is 15.7 Å². The summed E-state index contributed by atoms with van der Waals surface area (Å²) in [5, 5.41) is 7.71. The average Bonchev–Trinajstić information content (AvgIpc) is 2.67. The lowest BCUT2D eigenvalue weighted by Crippen LogP contribution is -2.20. The summed E-state index contributed by atoms with van der Waals surface area (Å²) in [4.78, 5) is 12.0. The van der Waals surface area contributed by atoms with Gasteiger partial charge in [0.1, 0.15) is 6.54 Å². The van der Waals surface area contributed by atoms with E-state index in [1.165, 1.54) is 5.56 Å². The third-order valence-corrected chi connectivity index (χ3v) is 3.78. The van der Waals surface area contributed by atoms with E-state index in [9.17, 15) is 4.79 Å². The molecule has 5 heteroatoms. The van der Waals surface area contributed by atoms with Crippen molar-refractivity contribution >= 4 is 23.2 Å². The third kappa shape index (κ3) is 3.20. The molecule has 4 nitrogen and oxygen atoms in total. The second kappa shape index (κ2) is 6.09. The first-order valence-electron chi connectivity index (χ1n) is 6.59. The first-order chi connectivity index (χ1) is 9.51. The van der Waals surface area contributed by atoms with Gasteiger partial charge in [-0.25, -0.2) is 0 Å². The molecule has 0 aliphatic rings. The van der Waals surface area contributed by atoms with Crippen LogP contribution in [0.4, 0.5) is 5.69 Å². The lowest BCUT2D eigenvalue weighted by molar-refractivity contribution is -0.116. The lowest BCUT2D eigenvalue weighted by Gasteiger charge is -2.07. The molecule has 0 bridgehead atoms. The maximum absolute atomic E-state index is 12.0. The highest BCUT2D eigenvalue weighted by Gasteiger charge is 2.12. The van der Waals surface area contributed by atoms with Crippen LogP contribution < -0.4 is 5.32 Å². The first kappa shape index (κ1) is 14.6. The number of anilines is 1. The van der Waals surface area contributed by atoms with Crippen molar-refractivity contribution in [2.75, 3.05) is 5.32 Å². The molecule has 20 heavy (non-hydrogen) atoms. The topological polar surface area (TPSA) is 46.9 Å². The Morgan fingerprint density at radius 2 is 1.95 bits per heavy atom. The molecule has 1 heterocycles. The van der Waals surface area contributed by atoms with E-state index in [0.29, 0.717) is 5.02 Å². The number of nitrogens with one attached hydrogen (secondary N) is 1. The molecule has 0 aliphatic heterocycles. The van der Waals surface area contributed by atoms with Gasteiger partial charge in [0.15, 0.2) is 0 Å². The Labute approximate surface area is 123 Å². The van der Waals surface area contributed by atoms with Crippen LogP contribution in [0, 0.1) is 13.8 Å². The van der Waals surface area contributed by atoms with Crippen LogP contribution in [0.2, 0.25) is 5.02 Å². The van der Waals surface area contributed by atoms with E-state index in [2.05, 4.69) is 17.3 Å². The summed E-state index contributed by atoms with van der Waals surface area (Å²) in [6.45, 7) is 5.94. The Balaban J connectivity index is 2.03. The second-order valence-corrected chi connectivity index (χ2v) is 5.12. The largest absolute Gasteiger partial charge is 0.324 e. The molecule has 0 aliphatic carbocycles. The number of amides is 1. The number of aryl methyl sites for hydroxylation is 2. The number of halogens is 1. The fourth-order valence-corrected chi connectivity index (χ4v) is 2.12. The molecule has 0 fully saturated rings. The predicted molar refractivity (Wildman–Crippen MR) is 81.2 cm³/mol. The fraction of sp³-hybridized carbons (Fsp3) is 0.333. The molecule has 2 rings (SSSR count). The van der Waals surface area contributed by atoms with E-state index in [0.717, 1.165) is 23.5 Å². The molecular weight excluding hydrogens is 274 g/mol. The SMILES string of the molecule is CCc1ccc(NC(=O)Cn2nc(C)c(Cl)c2C)cc1. The van der Waals surface area contributed by atoms with Crippen molar-refractivity contribution in [1.82, 2.24) is 9.78 Å². The minimum atomic E-state index is -0.114. The number of rotatable bonds is 4. The molecule has 0 spiro atoms. The van der Waals surface area contributed by atoms with E-state index in [-0.39, 0.29) is 12.5 Å². The van der Waals surface area contributed by atoms with Crippen LogP contribution in [-0.2, 0) is 17.8 Å². The minimum absolute atomic E-state index is 0.114. The van der Waals surface area contributed by atoms with E-state index in [1.54, 1.807) is 4.68 Å². The molecule has 2 aromatic rings. The summed E-state index contributed by atoms with van der Waals surface area (Å²) in [5.74, 6) is -0.114. The van der Waals surface area contributed by atoms with Gasteiger partial charge in [-0.15, -0.1) is 0 Å². The van der Waals surface area contributed by atoms with Gasteiger partial charge < -0.3 is 5.32 Å². The number of hydrogen-bond donors (Lipinski definition) is 1. The molecule has 0 saturated heterocycles. The number of carbonyl (C=O) groups excluding carboxylic acids is 1. The van der Waals surface area contributed by atoms with E-state index < -0.39 is 0 Å². The van der Waals surface area contributed by atoms with Crippen LogP contribution in [0.1, 0.15) is 23.9 Å². The summed E-state index contributed by atoms with van der Waals surface area (Å²) < 4.78 is 1.62. The van der Waals surface area contributed by atoms with Crippen LogP contribution in [0.3, 0.4) is 0 Å². The van der Waals surface area contributed by atoms with Crippen LogP contribution in [0.25, 0.3) is 0 Å².